The number of ether oxygens (including phenoxy) is 1. The molecule has 0 aliphatic carbocycles. The minimum atomic E-state index is -3.75. The second-order valence-corrected chi connectivity index (χ2v) is 4.89. The normalized spacial score (nSPS) is 11.4. The summed E-state index contributed by atoms with van der Waals surface area (Å²) in [5, 5.41) is -0.108. The van der Waals surface area contributed by atoms with E-state index in [1.807, 2.05) is 6.92 Å². The summed E-state index contributed by atoms with van der Waals surface area (Å²) in [6.45, 7) is 3.96. The van der Waals surface area contributed by atoms with Gasteiger partial charge < -0.3 is 9.30 Å². The van der Waals surface area contributed by atoms with Gasteiger partial charge in [-0.1, -0.05) is 0 Å². The summed E-state index contributed by atoms with van der Waals surface area (Å²) in [5.74, 6) is -0.619. The molecule has 0 aromatic carbocycles. The van der Waals surface area contributed by atoms with Crippen molar-refractivity contribution < 1.29 is 17.9 Å². The fraction of sp³-hybridized carbons (Fsp3) is 0.556. The highest BCUT2D eigenvalue weighted by atomic mass is 32.2. The summed E-state index contributed by atoms with van der Waals surface area (Å²) in [5.41, 5.74) is 0. The Bertz CT molecular complexity index is 480. The number of rotatable bonds is 6. The predicted octanol–water partition coefficient (Wildman–Crippen LogP) is -0.256. The molecule has 0 radical (unpaired) electrons. The minimum absolute atomic E-state index is 0.108. The van der Waals surface area contributed by atoms with Crippen molar-refractivity contribution in [2.45, 2.75) is 25.4 Å². The van der Waals surface area contributed by atoms with E-state index < -0.39 is 22.5 Å². The second-order valence-electron chi connectivity index (χ2n) is 3.17. The lowest BCUT2D eigenvalue weighted by Crippen LogP contribution is -2.30. The molecule has 1 aromatic heterocycles. The van der Waals surface area contributed by atoms with Crippen molar-refractivity contribution in [3.63, 3.8) is 0 Å². The van der Waals surface area contributed by atoms with Crippen LogP contribution >= 0.6 is 0 Å². The molecule has 8 heteroatoms. The number of sulfonamides is 1. The van der Waals surface area contributed by atoms with Gasteiger partial charge in [-0.05, 0) is 13.8 Å². The molecular formula is C9H15N3O4S. The molecule has 17 heavy (non-hydrogen) atoms. The van der Waals surface area contributed by atoms with Gasteiger partial charge >= 0.3 is 5.97 Å². The Hall–Kier alpha value is -1.41. The number of nitrogens with one attached hydrogen (secondary N) is 1. The zero-order valence-electron chi connectivity index (χ0n) is 9.71. The van der Waals surface area contributed by atoms with Crippen molar-refractivity contribution in [2.24, 2.45) is 0 Å². The fourth-order valence-corrected chi connectivity index (χ4v) is 2.01. The van der Waals surface area contributed by atoms with Crippen LogP contribution in [-0.4, -0.2) is 37.1 Å². The highest BCUT2D eigenvalue weighted by Crippen LogP contribution is 2.04. The van der Waals surface area contributed by atoms with Crippen molar-refractivity contribution in [1.82, 2.24) is 14.3 Å². The van der Waals surface area contributed by atoms with E-state index in [2.05, 4.69) is 14.4 Å². The fourth-order valence-electron chi connectivity index (χ4n) is 1.09. The summed E-state index contributed by atoms with van der Waals surface area (Å²) in [4.78, 5) is 14.8. The van der Waals surface area contributed by atoms with Crippen LogP contribution in [0.5, 0.6) is 0 Å². The quantitative estimate of drug-likeness (QED) is 0.713. The van der Waals surface area contributed by atoms with Crippen molar-refractivity contribution in [3.05, 3.63) is 12.5 Å². The van der Waals surface area contributed by atoms with Crippen LogP contribution < -0.4 is 4.72 Å². The van der Waals surface area contributed by atoms with Gasteiger partial charge in [0.15, 0.2) is 5.03 Å². The van der Waals surface area contributed by atoms with Gasteiger partial charge in [-0.2, -0.15) is 4.72 Å². The highest BCUT2D eigenvalue weighted by Gasteiger charge is 2.18. The van der Waals surface area contributed by atoms with E-state index >= 15 is 0 Å². The summed E-state index contributed by atoms with van der Waals surface area (Å²) in [7, 11) is -3.75. The van der Waals surface area contributed by atoms with Gasteiger partial charge in [-0.3, -0.25) is 4.79 Å². The minimum Gasteiger partial charge on any atom is -0.465 e. The first kappa shape index (κ1) is 13.7. The number of hydrogen-bond donors (Lipinski definition) is 1. The molecule has 0 aliphatic heterocycles. The monoisotopic (exact) mass is 261 g/mol. The highest BCUT2D eigenvalue weighted by molar-refractivity contribution is 7.89. The Kier molecular flexibility index (Phi) is 4.64. The van der Waals surface area contributed by atoms with Gasteiger partial charge in [0.2, 0.25) is 0 Å². The summed E-state index contributed by atoms with van der Waals surface area (Å²) < 4.78 is 31.7. The van der Waals surface area contributed by atoms with Crippen molar-refractivity contribution in [3.8, 4) is 0 Å². The van der Waals surface area contributed by atoms with E-state index in [1.165, 1.54) is 12.5 Å². The molecule has 0 saturated heterocycles. The van der Waals surface area contributed by atoms with Crippen LogP contribution in [0.25, 0.3) is 0 Å². The SMILES string of the molecule is CCOC(=O)CNS(=O)(=O)c1cn(CC)cn1. The summed E-state index contributed by atoms with van der Waals surface area (Å²) in [6.07, 6.45) is 2.81. The Morgan fingerprint density at radius 1 is 1.53 bits per heavy atom. The van der Waals surface area contributed by atoms with Gasteiger partial charge in [0.25, 0.3) is 10.0 Å². The Morgan fingerprint density at radius 3 is 2.76 bits per heavy atom. The predicted molar refractivity (Wildman–Crippen MR) is 59.7 cm³/mol. The lowest BCUT2D eigenvalue weighted by atomic mass is 10.7. The van der Waals surface area contributed by atoms with Crippen molar-refractivity contribution in [2.75, 3.05) is 13.2 Å². The van der Waals surface area contributed by atoms with Gasteiger partial charge in [0.05, 0.1) is 12.9 Å². The van der Waals surface area contributed by atoms with Gasteiger partial charge in [-0.25, -0.2) is 13.4 Å². The number of carbonyl (C=O) groups excluding carboxylic acids is 1. The molecule has 0 atom stereocenters. The third-order valence-corrected chi connectivity index (χ3v) is 3.25. The summed E-state index contributed by atoms with van der Waals surface area (Å²) in [6, 6.07) is 0. The molecule has 0 aliphatic rings. The molecule has 0 fully saturated rings. The third-order valence-electron chi connectivity index (χ3n) is 1.96. The molecule has 1 aromatic rings. The topological polar surface area (TPSA) is 90.3 Å². The van der Waals surface area contributed by atoms with Crippen LogP contribution in [0.2, 0.25) is 0 Å². The number of hydrogen-bond acceptors (Lipinski definition) is 5. The van der Waals surface area contributed by atoms with Crippen LogP contribution in [0, 0.1) is 0 Å². The third kappa shape index (κ3) is 3.82. The Balaban J connectivity index is 2.65. The van der Waals surface area contributed by atoms with Gasteiger partial charge in [0, 0.05) is 12.7 Å². The molecule has 0 bridgehead atoms. The lowest BCUT2D eigenvalue weighted by Gasteiger charge is -2.03. The zero-order valence-corrected chi connectivity index (χ0v) is 10.5. The largest absolute Gasteiger partial charge is 0.465 e. The number of carbonyl (C=O) groups is 1. The maximum Gasteiger partial charge on any atom is 0.321 e. The zero-order chi connectivity index (χ0) is 12.9. The van der Waals surface area contributed by atoms with Gasteiger partial charge in [-0.15, -0.1) is 0 Å². The van der Waals surface area contributed by atoms with E-state index in [1.54, 1.807) is 11.5 Å². The number of aromatic nitrogens is 2. The molecule has 0 spiro atoms. The number of aryl methyl sites for hydroxylation is 1. The Morgan fingerprint density at radius 2 is 2.24 bits per heavy atom. The molecule has 1 heterocycles. The lowest BCUT2D eigenvalue weighted by molar-refractivity contribution is -0.141. The molecule has 1 N–H and O–H groups in total. The molecule has 96 valence electrons. The molecule has 7 nitrogen and oxygen atoms in total. The molecular weight excluding hydrogens is 246 g/mol. The molecule has 0 saturated carbocycles. The van der Waals surface area contributed by atoms with E-state index in [0.29, 0.717) is 6.54 Å². The number of imidazole rings is 1. The average Bonchev–Trinajstić information content (AvgIpc) is 2.76. The van der Waals surface area contributed by atoms with Crippen LogP contribution in [0.1, 0.15) is 13.8 Å². The molecule has 0 amide bonds. The van der Waals surface area contributed by atoms with Crippen molar-refractivity contribution >= 4 is 16.0 Å². The molecule has 0 unspecified atom stereocenters. The Labute approximate surface area is 99.8 Å². The number of nitrogens with zero attached hydrogens (tertiary/aromatic N) is 2. The molecule has 1 rings (SSSR count). The second kappa shape index (κ2) is 5.78. The van der Waals surface area contributed by atoms with Crippen LogP contribution in [0.3, 0.4) is 0 Å². The maximum atomic E-state index is 11.7. The average molecular weight is 261 g/mol. The first-order chi connectivity index (χ1) is 7.99. The van der Waals surface area contributed by atoms with Crippen LogP contribution in [0.15, 0.2) is 17.6 Å². The van der Waals surface area contributed by atoms with Crippen LogP contribution in [0.4, 0.5) is 0 Å². The first-order valence-corrected chi connectivity index (χ1v) is 6.65. The van der Waals surface area contributed by atoms with Crippen LogP contribution in [-0.2, 0) is 26.1 Å². The van der Waals surface area contributed by atoms with E-state index in [9.17, 15) is 13.2 Å². The van der Waals surface area contributed by atoms with Gasteiger partial charge in [0.1, 0.15) is 6.54 Å². The first-order valence-electron chi connectivity index (χ1n) is 5.16. The van der Waals surface area contributed by atoms with Crippen molar-refractivity contribution in [1.29, 1.82) is 0 Å². The summed E-state index contributed by atoms with van der Waals surface area (Å²) >= 11 is 0. The smallest absolute Gasteiger partial charge is 0.321 e. The van der Waals surface area contributed by atoms with E-state index in [0.717, 1.165) is 0 Å². The van der Waals surface area contributed by atoms with E-state index in [-0.39, 0.29) is 11.6 Å². The van der Waals surface area contributed by atoms with E-state index in [4.69, 9.17) is 0 Å². The maximum absolute atomic E-state index is 11.7. The standard InChI is InChI=1S/C9H15N3O4S/c1-3-12-6-8(10-7-12)17(14,15)11-5-9(13)16-4-2/h6-7,11H,3-5H2,1-2H3. The number of esters is 1.